The van der Waals surface area contributed by atoms with Gasteiger partial charge in [0.1, 0.15) is 19.2 Å². The zero-order valence-corrected chi connectivity index (χ0v) is 22.6. The third-order valence-corrected chi connectivity index (χ3v) is 7.50. The molecule has 192 valence electrons. The van der Waals surface area contributed by atoms with Crippen molar-refractivity contribution in [2.24, 2.45) is 16.7 Å². The van der Waals surface area contributed by atoms with E-state index in [0.29, 0.717) is 25.4 Å². The second kappa shape index (κ2) is 9.07. The van der Waals surface area contributed by atoms with Crippen LogP contribution in [0.3, 0.4) is 0 Å². The van der Waals surface area contributed by atoms with Crippen LogP contribution < -0.4 is 0 Å². The summed E-state index contributed by atoms with van der Waals surface area (Å²) in [6, 6.07) is 0. The van der Waals surface area contributed by atoms with Crippen LogP contribution in [0, 0.1) is 16.7 Å². The second-order valence-corrected chi connectivity index (χ2v) is 13.9. The van der Waals surface area contributed by atoms with Crippen molar-refractivity contribution >= 4 is 5.97 Å². The molecule has 0 saturated heterocycles. The smallest absolute Gasteiger partial charge is 0.312 e. The monoisotopic (exact) mass is 468 g/mol. The largest absolute Gasteiger partial charge is 0.458 e. The number of carbonyl (C=O) groups is 1. The fourth-order valence-corrected chi connectivity index (χ4v) is 5.94. The topological polar surface area (TPSA) is 63.2 Å². The van der Waals surface area contributed by atoms with Crippen molar-refractivity contribution in [3.63, 3.8) is 0 Å². The van der Waals surface area contributed by atoms with Crippen molar-refractivity contribution in [3.05, 3.63) is 0 Å². The Kier molecular flexibility index (Phi) is 7.40. The quantitative estimate of drug-likeness (QED) is 0.222. The number of rotatable bonds is 10. The molecule has 0 aromatic heterocycles. The van der Waals surface area contributed by atoms with Crippen LogP contribution in [-0.2, 0) is 28.5 Å². The Morgan fingerprint density at radius 2 is 1.33 bits per heavy atom. The van der Waals surface area contributed by atoms with E-state index < -0.39 is 22.2 Å². The van der Waals surface area contributed by atoms with Gasteiger partial charge in [-0.15, -0.1) is 0 Å². The van der Waals surface area contributed by atoms with Crippen LogP contribution in [0.25, 0.3) is 0 Å². The van der Waals surface area contributed by atoms with Crippen LogP contribution in [0.15, 0.2) is 0 Å². The molecular weight excluding hydrogens is 420 g/mol. The van der Waals surface area contributed by atoms with Crippen LogP contribution in [-0.4, -0.2) is 48.6 Å². The summed E-state index contributed by atoms with van der Waals surface area (Å²) in [4.78, 5) is 13.2. The zero-order chi connectivity index (χ0) is 24.8. The van der Waals surface area contributed by atoms with Crippen molar-refractivity contribution in [1.29, 1.82) is 0 Å². The second-order valence-electron chi connectivity index (χ2n) is 13.9. The lowest BCUT2D eigenvalue weighted by Crippen LogP contribution is -2.68. The van der Waals surface area contributed by atoms with Crippen LogP contribution >= 0.6 is 0 Å². The number of esters is 1. The van der Waals surface area contributed by atoms with E-state index in [9.17, 15) is 4.79 Å². The highest BCUT2D eigenvalue weighted by atomic mass is 16.7. The van der Waals surface area contributed by atoms with Gasteiger partial charge in [-0.25, -0.2) is 0 Å². The summed E-state index contributed by atoms with van der Waals surface area (Å²) in [5, 5.41) is 0. The van der Waals surface area contributed by atoms with Gasteiger partial charge in [-0.2, -0.15) is 0 Å². The molecule has 4 aliphatic rings. The van der Waals surface area contributed by atoms with Gasteiger partial charge in [0.2, 0.25) is 0 Å². The first-order valence-electron chi connectivity index (χ1n) is 12.7. The Bertz CT molecular complexity index is 704. The molecule has 6 nitrogen and oxygen atoms in total. The van der Waals surface area contributed by atoms with Crippen molar-refractivity contribution in [2.75, 3.05) is 20.2 Å². The van der Waals surface area contributed by atoms with Crippen molar-refractivity contribution in [2.45, 2.75) is 130 Å². The van der Waals surface area contributed by atoms with E-state index in [1.54, 1.807) is 0 Å². The summed E-state index contributed by atoms with van der Waals surface area (Å²) in [6.07, 6.45) is 5.78. The van der Waals surface area contributed by atoms with Gasteiger partial charge >= 0.3 is 5.97 Å². The molecule has 0 amide bonds. The Morgan fingerprint density at radius 3 is 1.85 bits per heavy atom. The Morgan fingerprint density at radius 1 is 0.818 bits per heavy atom. The maximum Gasteiger partial charge on any atom is 0.312 e. The summed E-state index contributed by atoms with van der Waals surface area (Å²) in [5.41, 5.74) is -2.03. The van der Waals surface area contributed by atoms with Gasteiger partial charge in [0.15, 0.2) is 0 Å². The maximum atomic E-state index is 13.2. The van der Waals surface area contributed by atoms with Gasteiger partial charge in [-0.3, -0.25) is 4.79 Å². The zero-order valence-electron chi connectivity index (χ0n) is 22.6. The first-order valence-corrected chi connectivity index (χ1v) is 12.7. The Hall–Kier alpha value is -0.690. The van der Waals surface area contributed by atoms with E-state index in [1.165, 1.54) is 0 Å². The fourth-order valence-electron chi connectivity index (χ4n) is 5.94. The third-order valence-electron chi connectivity index (χ3n) is 7.50. The van der Waals surface area contributed by atoms with Gasteiger partial charge in [0.05, 0.1) is 28.8 Å². The Labute approximate surface area is 201 Å². The van der Waals surface area contributed by atoms with E-state index >= 15 is 0 Å². The molecule has 0 aromatic rings. The minimum Gasteiger partial charge on any atom is -0.458 e. The predicted octanol–water partition coefficient (Wildman–Crippen LogP) is 6.01. The Balaban J connectivity index is 1.79. The normalized spacial score (nSPS) is 34.0. The van der Waals surface area contributed by atoms with Crippen LogP contribution in [0.5, 0.6) is 0 Å². The van der Waals surface area contributed by atoms with Gasteiger partial charge in [0, 0.05) is 19.3 Å². The molecule has 4 aliphatic carbocycles. The number of hydrogen-bond donors (Lipinski definition) is 0. The highest BCUT2D eigenvalue weighted by Gasteiger charge is 2.67. The van der Waals surface area contributed by atoms with Crippen molar-refractivity contribution < 1.29 is 28.5 Å². The first kappa shape index (κ1) is 26.9. The minimum absolute atomic E-state index is 0.0853. The van der Waals surface area contributed by atoms with E-state index in [0.717, 1.165) is 32.1 Å². The number of hydrogen-bond acceptors (Lipinski definition) is 6. The molecular formula is C27H48O6. The maximum absolute atomic E-state index is 13.2. The molecule has 0 heterocycles. The molecule has 0 N–H and O–H groups in total. The van der Waals surface area contributed by atoms with Gasteiger partial charge < -0.3 is 23.7 Å². The molecule has 0 aromatic carbocycles. The third kappa shape index (κ3) is 6.71. The van der Waals surface area contributed by atoms with Gasteiger partial charge in [-0.05, 0) is 71.6 Å². The summed E-state index contributed by atoms with van der Waals surface area (Å²) < 4.78 is 31.2. The molecule has 4 rings (SSSR count). The average molecular weight is 469 g/mol. The van der Waals surface area contributed by atoms with Gasteiger partial charge in [-0.1, -0.05) is 27.7 Å². The van der Waals surface area contributed by atoms with Crippen molar-refractivity contribution in [1.82, 2.24) is 0 Å². The lowest BCUT2D eigenvalue weighted by molar-refractivity contribution is -0.314. The van der Waals surface area contributed by atoms with E-state index in [2.05, 4.69) is 20.8 Å². The summed E-state index contributed by atoms with van der Waals surface area (Å²) in [6.45, 7) is 19.6. The van der Waals surface area contributed by atoms with E-state index in [4.69, 9.17) is 23.7 Å². The molecule has 4 unspecified atom stereocenters. The standard InChI is InChI=1S/C27H48O6/c1-10-24(8,9)21(28)33-27-13-20-11-25(15-27,31-18-29-17-22(2,3)4)14-26(12-20,16-27)32-19-30-23(5,6)7/h20H,10-19H2,1-9H3. The lowest BCUT2D eigenvalue weighted by atomic mass is 9.50. The molecule has 6 heteroatoms. The molecule has 0 spiro atoms. The van der Waals surface area contributed by atoms with E-state index in [1.807, 2.05) is 41.5 Å². The van der Waals surface area contributed by atoms with Crippen molar-refractivity contribution in [3.8, 4) is 0 Å². The average Bonchev–Trinajstić information content (AvgIpc) is 2.61. The highest BCUT2D eigenvalue weighted by Crippen LogP contribution is 2.63. The lowest BCUT2D eigenvalue weighted by Gasteiger charge is -2.64. The van der Waals surface area contributed by atoms with Gasteiger partial charge in [0.25, 0.3) is 0 Å². The molecule has 0 aliphatic heterocycles. The first-order chi connectivity index (χ1) is 15.0. The highest BCUT2D eigenvalue weighted by molar-refractivity contribution is 5.76. The van der Waals surface area contributed by atoms with Crippen LogP contribution in [0.2, 0.25) is 0 Å². The van der Waals surface area contributed by atoms with Crippen LogP contribution in [0.1, 0.15) is 107 Å². The molecule has 4 bridgehead atoms. The summed E-state index contributed by atoms with van der Waals surface area (Å²) in [7, 11) is 0. The van der Waals surface area contributed by atoms with E-state index in [-0.39, 0.29) is 30.6 Å². The predicted molar refractivity (Wildman–Crippen MR) is 128 cm³/mol. The molecule has 0 radical (unpaired) electrons. The van der Waals surface area contributed by atoms with Crippen LogP contribution in [0.4, 0.5) is 0 Å². The fraction of sp³-hybridized carbons (Fsp3) is 0.963. The number of ether oxygens (including phenoxy) is 5. The number of carbonyl (C=O) groups excluding carboxylic acids is 1. The molecule has 4 atom stereocenters. The molecule has 33 heavy (non-hydrogen) atoms. The summed E-state index contributed by atoms with van der Waals surface area (Å²) >= 11 is 0. The summed E-state index contributed by atoms with van der Waals surface area (Å²) in [5.74, 6) is 0.281. The SMILES string of the molecule is CCC(C)(C)C(=O)OC12CC3CC(OCOCC(C)(C)C)(CC(OCOC(C)(C)C)(C3)C1)C2. The minimum atomic E-state index is -0.547. The molecule has 4 saturated carbocycles. The molecule has 4 fully saturated rings.